The molecule has 0 atom stereocenters. The average Bonchev–Trinajstić information content (AvgIpc) is 3.44. The Labute approximate surface area is 217 Å². The number of aromatic hydroxyl groups is 1. The summed E-state index contributed by atoms with van der Waals surface area (Å²) in [6, 6.07) is 8.58. The molecule has 9 heteroatoms. The van der Waals surface area contributed by atoms with E-state index < -0.39 is 0 Å². The number of nitrogens with zero attached hydrogens (tertiary/aromatic N) is 2. The average molecular weight is 538 g/mol. The maximum atomic E-state index is 12.6. The quantitative estimate of drug-likeness (QED) is 0.161. The molecule has 0 fully saturated rings. The van der Waals surface area contributed by atoms with Crippen LogP contribution in [0.5, 0.6) is 5.75 Å². The van der Waals surface area contributed by atoms with Crippen LogP contribution in [-0.4, -0.2) is 54.5 Å². The number of ketones is 2. The Hall–Kier alpha value is -2.03. The van der Waals surface area contributed by atoms with Crippen LogP contribution in [0, 0.1) is 0 Å². The summed E-state index contributed by atoms with van der Waals surface area (Å²) in [5, 5.41) is 13.4. The molecule has 2 heterocycles. The van der Waals surface area contributed by atoms with Gasteiger partial charge in [-0.15, -0.1) is 22.7 Å². The smallest absolute Gasteiger partial charge is 0.194 e. The van der Waals surface area contributed by atoms with Gasteiger partial charge in [0, 0.05) is 23.1 Å². The van der Waals surface area contributed by atoms with Crippen molar-refractivity contribution in [2.75, 3.05) is 27.2 Å². The lowest BCUT2D eigenvalue weighted by Crippen LogP contribution is -2.13. The van der Waals surface area contributed by atoms with E-state index in [0.29, 0.717) is 42.4 Å². The predicted molar refractivity (Wildman–Crippen MR) is 144 cm³/mol. The van der Waals surface area contributed by atoms with Gasteiger partial charge in [0.25, 0.3) is 0 Å². The van der Waals surface area contributed by atoms with Crippen LogP contribution in [0.1, 0.15) is 51.1 Å². The first-order chi connectivity index (χ1) is 16.2. The van der Waals surface area contributed by atoms with Crippen molar-refractivity contribution in [2.45, 2.75) is 26.2 Å². The molecule has 1 aromatic carbocycles. The number of thiophene rings is 2. The third kappa shape index (κ3) is 6.77. The van der Waals surface area contributed by atoms with E-state index in [2.05, 4.69) is 9.89 Å². The zero-order chi connectivity index (χ0) is 24.8. The molecule has 2 aromatic heterocycles. The number of aliphatic imine (C=N–C) groups is 1. The predicted octanol–water partition coefficient (Wildman–Crippen LogP) is 7.10. The van der Waals surface area contributed by atoms with Crippen LogP contribution in [0.15, 0.2) is 40.7 Å². The highest BCUT2D eigenvalue weighted by Crippen LogP contribution is 2.40. The fourth-order valence-electron chi connectivity index (χ4n) is 3.28. The van der Waals surface area contributed by atoms with Gasteiger partial charge in [0.05, 0.1) is 24.7 Å². The molecule has 1 N–H and O–H groups in total. The molecule has 3 aromatic rings. The number of hydrogen-bond acceptors (Lipinski definition) is 7. The van der Waals surface area contributed by atoms with Crippen molar-refractivity contribution in [3.05, 3.63) is 61.1 Å². The largest absolute Gasteiger partial charge is 0.506 e. The lowest BCUT2D eigenvalue weighted by molar-refractivity contribution is 0.0980. The number of benzene rings is 1. The Morgan fingerprint density at radius 1 is 1.03 bits per heavy atom. The van der Waals surface area contributed by atoms with Gasteiger partial charge in [-0.2, -0.15) is 0 Å². The highest BCUT2D eigenvalue weighted by Gasteiger charge is 2.17. The molecule has 0 aliphatic heterocycles. The van der Waals surface area contributed by atoms with E-state index in [9.17, 15) is 14.7 Å². The van der Waals surface area contributed by atoms with Gasteiger partial charge in [-0.1, -0.05) is 29.3 Å². The Kier molecular flexibility index (Phi) is 9.45. The highest BCUT2D eigenvalue weighted by molar-refractivity contribution is 7.16. The number of hydrogen-bond donors (Lipinski definition) is 1. The van der Waals surface area contributed by atoms with Crippen molar-refractivity contribution in [1.29, 1.82) is 0 Å². The molecule has 0 radical (unpaired) electrons. The molecule has 180 valence electrons. The van der Waals surface area contributed by atoms with Gasteiger partial charge in [-0.05, 0) is 70.2 Å². The van der Waals surface area contributed by atoms with Gasteiger partial charge >= 0.3 is 0 Å². The fourth-order valence-corrected chi connectivity index (χ4v) is 5.48. The fraction of sp³-hybridized carbons (Fsp3) is 0.320. The van der Waals surface area contributed by atoms with Crippen LogP contribution in [-0.2, 0) is 0 Å². The van der Waals surface area contributed by atoms with Gasteiger partial charge in [0.15, 0.2) is 11.6 Å². The van der Waals surface area contributed by atoms with Crippen molar-refractivity contribution in [3.8, 4) is 16.2 Å². The van der Waals surface area contributed by atoms with Crippen LogP contribution in [0.3, 0.4) is 0 Å². The molecule has 5 nitrogen and oxygen atoms in total. The minimum atomic E-state index is -0.157. The van der Waals surface area contributed by atoms with Gasteiger partial charge in [0.2, 0.25) is 0 Å². The lowest BCUT2D eigenvalue weighted by atomic mass is 10.1. The minimum Gasteiger partial charge on any atom is -0.506 e. The van der Waals surface area contributed by atoms with Crippen LogP contribution in [0.4, 0.5) is 0 Å². The normalized spacial score (nSPS) is 11.9. The maximum absolute atomic E-state index is 12.6. The number of halogens is 2. The Morgan fingerprint density at radius 2 is 1.74 bits per heavy atom. The topological polar surface area (TPSA) is 70.0 Å². The van der Waals surface area contributed by atoms with E-state index >= 15 is 0 Å². The summed E-state index contributed by atoms with van der Waals surface area (Å²) in [7, 11) is 4.02. The van der Waals surface area contributed by atoms with E-state index in [4.69, 9.17) is 23.2 Å². The molecule has 0 bridgehead atoms. The first-order valence-corrected chi connectivity index (χ1v) is 13.2. The molecule has 3 rings (SSSR count). The molecule has 34 heavy (non-hydrogen) atoms. The maximum Gasteiger partial charge on any atom is 0.194 e. The Balaban J connectivity index is 1.63. The monoisotopic (exact) mass is 536 g/mol. The minimum absolute atomic E-state index is 0.0554. The summed E-state index contributed by atoms with van der Waals surface area (Å²) in [5.74, 6) is 0.00584. The standard InChI is InChI=1S/C25H26Cl2N2O3S2/c1-15(17-14-33-25(24(17)32)16-7-8-18(26)19(27)12-16)28-13-21(31)23-10-9-22(34-23)20(30)6-4-5-11-29(2)3/h7-10,12,14,32H,4-6,11,13H2,1-3H3. The van der Waals surface area contributed by atoms with Gasteiger partial charge in [-0.25, -0.2) is 0 Å². The molecular formula is C25H26Cl2N2O3S2. The molecule has 0 amide bonds. The van der Waals surface area contributed by atoms with E-state index in [1.807, 2.05) is 14.1 Å². The summed E-state index contributed by atoms with van der Waals surface area (Å²) in [6.45, 7) is 2.65. The zero-order valence-electron chi connectivity index (χ0n) is 19.2. The summed E-state index contributed by atoms with van der Waals surface area (Å²) < 4.78 is 0. The van der Waals surface area contributed by atoms with Crippen molar-refractivity contribution in [3.63, 3.8) is 0 Å². The molecule has 0 unspecified atom stereocenters. The van der Waals surface area contributed by atoms with E-state index in [1.165, 1.54) is 22.7 Å². The third-order valence-corrected chi connectivity index (χ3v) is 8.14. The van der Waals surface area contributed by atoms with Gasteiger partial charge < -0.3 is 10.0 Å². The molecule has 0 aliphatic rings. The van der Waals surface area contributed by atoms with Crippen molar-refractivity contribution < 1.29 is 14.7 Å². The Bertz CT molecular complexity index is 1210. The van der Waals surface area contributed by atoms with Crippen LogP contribution >= 0.6 is 45.9 Å². The van der Waals surface area contributed by atoms with Crippen molar-refractivity contribution in [1.82, 2.24) is 4.90 Å². The SMILES string of the molecule is CC(=NCC(=O)c1ccc(C(=O)CCCCN(C)C)s1)c1csc(-c2ccc(Cl)c(Cl)c2)c1O. The number of unbranched alkanes of at least 4 members (excludes halogenated alkanes) is 1. The summed E-state index contributed by atoms with van der Waals surface area (Å²) in [5.41, 5.74) is 1.88. The van der Waals surface area contributed by atoms with Crippen molar-refractivity contribution >= 4 is 63.2 Å². The molecule has 0 spiro atoms. The summed E-state index contributed by atoms with van der Waals surface area (Å²) in [4.78, 5) is 33.3. The molecule has 0 saturated heterocycles. The van der Waals surface area contributed by atoms with E-state index in [1.54, 1.807) is 42.6 Å². The van der Waals surface area contributed by atoms with Gasteiger partial charge in [-0.3, -0.25) is 14.6 Å². The Morgan fingerprint density at radius 3 is 2.41 bits per heavy atom. The van der Waals surface area contributed by atoms with Crippen LogP contribution in [0.2, 0.25) is 10.0 Å². The van der Waals surface area contributed by atoms with E-state index in [-0.39, 0.29) is 23.9 Å². The first kappa shape index (κ1) is 26.6. The van der Waals surface area contributed by atoms with Gasteiger partial charge in [0.1, 0.15) is 12.3 Å². The highest BCUT2D eigenvalue weighted by atomic mass is 35.5. The van der Waals surface area contributed by atoms with E-state index in [0.717, 1.165) is 24.9 Å². The lowest BCUT2D eigenvalue weighted by Gasteiger charge is -2.07. The second kappa shape index (κ2) is 12.1. The van der Waals surface area contributed by atoms with Crippen molar-refractivity contribution in [2.24, 2.45) is 4.99 Å². The number of rotatable bonds is 11. The number of carbonyl (C=O) groups excluding carboxylic acids is 2. The molecule has 0 aliphatic carbocycles. The second-order valence-corrected chi connectivity index (χ2v) is 10.9. The summed E-state index contributed by atoms with van der Waals surface area (Å²) >= 11 is 14.7. The second-order valence-electron chi connectivity index (χ2n) is 8.13. The van der Waals surface area contributed by atoms with Crippen LogP contribution in [0.25, 0.3) is 10.4 Å². The number of carbonyl (C=O) groups is 2. The number of Topliss-reactive ketones (excluding diaryl/α,β-unsaturated/α-hetero) is 2. The molecular weight excluding hydrogens is 511 g/mol. The summed E-state index contributed by atoms with van der Waals surface area (Å²) in [6.07, 6.45) is 2.28. The molecule has 0 saturated carbocycles. The first-order valence-electron chi connectivity index (χ1n) is 10.8. The zero-order valence-corrected chi connectivity index (χ0v) is 22.4. The third-order valence-electron chi connectivity index (χ3n) is 5.21. The van der Waals surface area contributed by atoms with Crippen LogP contribution < -0.4 is 0 Å².